The van der Waals surface area contributed by atoms with Crippen LogP contribution in [0, 0.1) is 12.8 Å². The van der Waals surface area contributed by atoms with E-state index in [0.717, 1.165) is 5.39 Å². The number of hydrogen-bond acceptors (Lipinski definition) is 9. The molecule has 11 nitrogen and oxygen atoms in total. The van der Waals surface area contributed by atoms with Gasteiger partial charge in [0.2, 0.25) is 11.9 Å². The minimum Gasteiger partial charge on any atom is -0.495 e. The van der Waals surface area contributed by atoms with Gasteiger partial charge in [-0.25, -0.2) is 9.69 Å². The van der Waals surface area contributed by atoms with Gasteiger partial charge in [0, 0.05) is 17.0 Å². The van der Waals surface area contributed by atoms with Crippen molar-refractivity contribution >= 4 is 40.5 Å². The Kier molecular flexibility index (Phi) is 6.00. The third kappa shape index (κ3) is 4.01. The molecule has 1 spiro atoms. The molecule has 1 aromatic carbocycles. The zero-order chi connectivity index (χ0) is 25.8. The second-order valence-electron chi connectivity index (χ2n) is 9.48. The van der Waals surface area contributed by atoms with Crippen LogP contribution in [0.1, 0.15) is 38.2 Å². The van der Waals surface area contributed by atoms with Gasteiger partial charge >= 0.3 is 6.09 Å². The van der Waals surface area contributed by atoms with Gasteiger partial charge in [-0.3, -0.25) is 4.79 Å². The van der Waals surface area contributed by atoms with Crippen LogP contribution >= 0.6 is 11.6 Å². The average molecular weight is 515 g/mol. The number of pyridine rings is 1. The Morgan fingerprint density at radius 3 is 2.58 bits per heavy atom. The van der Waals surface area contributed by atoms with Gasteiger partial charge in [-0.15, -0.1) is 0 Å². The van der Waals surface area contributed by atoms with E-state index < -0.39 is 17.7 Å². The van der Waals surface area contributed by atoms with Crippen molar-refractivity contribution in [1.29, 1.82) is 0 Å². The summed E-state index contributed by atoms with van der Waals surface area (Å²) in [5.41, 5.74) is 0.105. The molecular formula is C24H27ClN6O5. The van der Waals surface area contributed by atoms with Gasteiger partial charge in [-0.1, -0.05) is 25.4 Å². The van der Waals surface area contributed by atoms with Crippen LogP contribution in [0.25, 0.3) is 10.9 Å². The highest BCUT2D eigenvalue weighted by molar-refractivity contribution is 6.32. The number of aromatic nitrogens is 4. The van der Waals surface area contributed by atoms with Gasteiger partial charge in [0.05, 0.1) is 42.9 Å². The highest BCUT2D eigenvalue weighted by atomic mass is 35.5. The van der Waals surface area contributed by atoms with Crippen LogP contribution in [0.5, 0.6) is 5.75 Å². The number of amides is 1. The lowest BCUT2D eigenvalue weighted by Gasteiger charge is -2.42. The highest BCUT2D eigenvalue weighted by Gasteiger charge is 2.61. The number of rotatable bonds is 6. The Balaban J connectivity index is 1.46. The maximum Gasteiger partial charge on any atom is 0.417 e. The lowest BCUT2D eigenvalue weighted by molar-refractivity contribution is -0.174. The molecule has 4 heterocycles. The molecule has 0 radical (unpaired) electrons. The molecule has 1 amide bonds. The average Bonchev–Trinajstić information content (AvgIpc) is 3.12. The summed E-state index contributed by atoms with van der Waals surface area (Å²) < 4.78 is 16.3. The Morgan fingerprint density at radius 2 is 1.94 bits per heavy atom. The van der Waals surface area contributed by atoms with Crippen molar-refractivity contribution in [2.75, 3.05) is 30.5 Å². The lowest BCUT2D eigenvalue weighted by Crippen LogP contribution is -2.61. The van der Waals surface area contributed by atoms with Gasteiger partial charge in [0.1, 0.15) is 11.6 Å². The number of nitrogens with one attached hydrogen (secondary N) is 2. The second kappa shape index (κ2) is 8.90. The van der Waals surface area contributed by atoms with Crippen LogP contribution in [0.15, 0.2) is 23.0 Å². The first-order valence-electron chi connectivity index (χ1n) is 11.6. The molecule has 2 aliphatic rings. The molecule has 12 heteroatoms. The van der Waals surface area contributed by atoms with Gasteiger partial charge in [-0.2, -0.15) is 15.0 Å². The normalized spacial score (nSPS) is 19.5. The number of benzene rings is 1. The summed E-state index contributed by atoms with van der Waals surface area (Å²) in [6, 6.07) is 4.43. The predicted octanol–water partition coefficient (Wildman–Crippen LogP) is 3.61. The zero-order valence-corrected chi connectivity index (χ0v) is 21.3. The van der Waals surface area contributed by atoms with Crippen LogP contribution in [0.4, 0.5) is 16.7 Å². The molecule has 0 aliphatic carbocycles. The first kappa shape index (κ1) is 24.3. The van der Waals surface area contributed by atoms with Gasteiger partial charge in [0.15, 0.2) is 5.60 Å². The maximum absolute atomic E-state index is 12.9. The largest absolute Gasteiger partial charge is 0.495 e. The number of halogens is 1. The van der Waals surface area contributed by atoms with Gasteiger partial charge < -0.3 is 24.5 Å². The highest BCUT2D eigenvalue weighted by Crippen LogP contribution is 2.41. The molecule has 3 aromatic rings. The van der Waals surface area contributed by atoms with E-state index in [9.17, 15) is 9.59 Å². The van der Waals surface area contributed by atoms with Crippen molar-refractivity contribution in [3.63, 3.8) is 0 Å². The number of fused-ring (bicyclic) bond motifs is 1. The third-order valence-electron chi connectivity index (χ3n) is 6.54. The molecule has 2 saturated heterocycles. The molecule has 2 fully saturated rings. The van der Waals surface area contributed by atoms with E-state index in [2.05, 4.69) is 25.3 Å². The summed E-state index contributed by atoms with van der Waals surface area (Å²) in [5, 5.41) is 4.36. The minimum absolute atomic E-state index is 0.0781. The first-order valence-corrected chi connectivity index (χ1v) is 12.0. The fourth-order valence-electron chi connectivity index (χ4n) is 4.89. The third-order valence-corrected chi connectivity index (χ3v) is 6.83. The van der Waals surface area contributed by atoms with Crippen LogP contribution < -0.4 is 20.5 Å². The number of ether oxygens (including phenoxy) is 3. The number of aryl methyl sites for hydroxylation is 1. The zero-order valence-electron chi connectivity index (χ0n) is 20.6. The standard InChI is InChI=1S/C24H27ClN6O5/c1-11(2)19-24(9-35-10-24)36-23(33)31(19)22-28-13(4)27-21(30-22)26-12(3)15-6-14-7-16(25)18(34-5)8-17(14)29-20(15)32/h6-8,11-12,19H,9-10H2,1-5H3,(H,29,32)(H,26,27,28,30)/t12-,19?/m0/s1. The van der Waals surface area contributed by atoms with E-state index in [0.29, 0.717) is 40.9 Å². The van der Waals surface area contributed by atoms with Crippen LogP contribution in [-0.4, -0.2) is 58.0 Å². The molecule has 2 atom stereocenters. The molecular weight excluding hydrogens is 488 g/mol. The van der Waals surface area contributed by atoms with E-state index >= 15 is 0 Å². The second-order valence-corrected chi connectivity index (χ2v) is 9.89. The quantitative estimate of drug-likeness (QED) is 0.506. The Labute approximate surface area is 212 Å². The summed E-state index contributed by atoms with van der Waals surface area (Å²) in [6.07, 6.45) is -0.514. The van der Waals surface area contributed by atoms with Crippen molar-refractivity contribution < 1.29 is 19.0 Å². The number of aromatic amines is 1. The summed E-state index contributed by atoms with van der Waals surface area (Å²) in [7, 11) is 1.52. The number of hydrogen-bond donors (Lipinski definition) is 2. The van der Waals surface area contributed by atoms with Crippen molar-refractivity contribution in [1.82, 2.24) is 19.9 Å². The molecule has 2 N–H and O–H groups in total. The van der Waals surface area contributed by atoms with Crippen molar-refractivity contribution in [3.8, 4) is 5.75 Å². The molecule has 5 rings (SSSR count). The topological polar surface area (TPSA) is 132 Å². The van der Waals surface area contributed by atoms with Crippen LogP contribution in [-0.2, 0) is 9.47 Å². The monoisotopic (exact) mass is 514 g/mol. The minimum atomic E-state index is -0.699. The van der Waals surface area contributed by atoms with Gasteiger partial charge in [-0.05, 0) is 31.9 Å². The van der Waals surface area contributed by atoms with E-state index in [1.165, 1.54) is 12.0 Å². The van der Waals surface area contributed by atoms with Crippen molar-refractivity contribution in [2.24, 2.45) is 5.92 Å². The SMILES string of the molecule is COc1cc2[nH]c(=O)c([C@H](C)Nc3nc(C)nc(N4C(=O)OC5(COC5)C4C(C)C)n3)cc2cc1Cl. The molecule has 0 saturated carbocycles. The molecule has 36 heavy (non-hydrogen) atoms. The Morgan fingerprint density at radius 1 is 1.19 bits per heavy atom. The predicted molar refractivity (Wildman–Crippen MR) is 134 cm³/mol. The smallest absolute Gasteiger partial charge is 0.417 e. The number of nitrogens with zero attached hydrogens (tertiary/aromatic N) is 4. The first-order chi connectivity index (χ1) is 17.1. The summed E-state index contributed by atoms with van der Waals surface area (Å²) in [6.45, 7) is 8.25. The molecule has 1 unspecified atom stereocenters. The maximum atomic E-state index is 12.9. The number of carbonyl (C=O) groups is 1. The van der Waals surface area contributed by atoms with E-state index in [1.54, 1.807) is 25.1 Å². The van der Waals surface area contributed by atoms with E-state index in [4.69, 9.17) is 25.8 Å². The Hall–Kier alpha value is -3.44. The lowest BCUT2D eigenvalue weighted by atomic mass is 9.84. The summed E-state index contributed by atoms with van der Waals surface area (Å²) in [4.78, 5) is 43.4. The molecule has 190 valence electrons. The van der Waals surface area contributed by atoms with Crippen LogP contribution in [0.3, 0.4) is 0 Å². The number of anilines is 2. The molecule has 0 bridgehead atoms. The molecule has 2 aromatic heterocycles. The number of H-pyrrole nitrogens is 1. The van der Waals surface area contributed by atoms with Crippen molar-refractivity contribution in [2.45, 2.75) is 45.4 Å². The summed E-state index contributed by atoms with van der Waals surface area (Å²) in [5.74, 6) is 1.40. The van der Waals surface area contributed by atoms with E-state index in [-0.39, 0.29) is 29.4 Å². The van der Waals surface area contributed by atoms with Crippen molar-refractivity contribution in [3.05, 3.63) is 45.0 Å². The van der Waals surface area contributed by atoms with E-state index in [1.807, 2.05) is 20.8 Å². The fourth-order valence-corrected chi connectivity index (χ4v) is 5.14. The summed E-state index contributed by atoms with van der Waals surface area (Å²) >= 11 is 6.27. The Bertz CT molecular complexity index is 1410. The number of carbonyl (C=O) groups excluding carboxylic acids is 1. The van der Waals surface area contributed by atoms with Gasteiger partial charge in [0.25, 0.3) is 5.56 Å². The van der Waals surface area contributed by atoms with Crippen LogP contribution in [0.2, 0.25) is 5.02 Å². The molecule has 2 aliphatic heterocycles. The fraction of sp³-hybridized carbons (Fsp3) is 0.458. The number of methoxy groups -OCH3 is 1.